The van der Waals surface area contributed by atoms with Gasteiger partial charge in [-0.25, -0.2) is 18.4 Å². The summed E-state index contributed by atoms with van der Waals surface area (Å²) < 4.78 is 37.1. The number of thiocarbonyl (C=S) groups is 1. The van der Waals surface area contributed by atoms with Crippen LogP contribution in [0.25, 0.3) is 0 Å². The molecule has 0 spiro atoms. The van der Waals surface area contributed by atoms with Crippen LogP contribution in [0.15, 0.2) is 18.2 Å². The molecule has 0 aliphatic rings. The first-order valence-electron chi connectivity index (χ1n) is 8.29. The Labute approximate surface area is 169 Å². The van der Waals surface area contributed by atoms with Crippen molar-refractivity contribution < 1.29 is 27.8 Å². The summed E-state index contributed by atoms with van der Waals surface area (Å²) >= 11 is 6.08. The summed E-state index contributed by atoms with van der Waals surface area (Å²) in [5.74, 6) is -2.58. The first-order chi connectivity index (χ1) is 13.3. The Morgan fingerprint density at radius 1 is 1.11 bits per heavy atom. The maximum atomic E-state index is 13.8. The van der Waals surface area contributed by atoms with E-state index in [0.717, 1.165) is 29.5 Å². The molecule has 2 aromatic rings. The minimum atomic E-state index is -0.703. The van der Waals surface area contributed by atoms with Crippen LogP contribution < -0.4 is 10.6 Å². The number of ether oxygens (including phenoxy) is 2. The number of benzene rings is 1. The van der Waals surface area contributed by atoms with Gasteiger partial charge in [-0.2, -0.15) is 0 Å². The Hall–Kier alpha value is -2.59. The van der Waals surface area contributed by atoms with E-state index in [1.54, 1.807) is 20.8 Å². The molecule has 1 aromatic heterocycles. The predicted molar refractivity (Wildman–Crippen MR) is 107 cm³/mol. The molecule has 1 aromatic carbocycles. The van der Waals surface area contributed by atoms with Crippen molar-refractivity contribution in [2.24, 2.45) is 0 Å². The Bertz CT molecular complexity index is 915. The summed E-state index contributed by atoms with van der Waals surface area (Å²) in [6.07, 6.45) is 0. The van der Waals surface area contributed by atoms with Crippen LogP contribution in [0, 0.1) is 18.6 Å². The lowest BCUT2D eigenvalue weighted by Gasteiger charge is -2.11. The minimum Gasteiger partial charge on any atom is -0.462 e. The highest BCUT2D eigenvalue weighted by molar-refractivity contribution is 7.80. The van der Waals surface area contributed by atoms with Gasteiger partial charge in [0.05, 0.1) is 24.5 Å². The van der Waals surface area contributed by atoms with Gasteiger partial charge in [-0.05, 0) is 50.7 Å². The SMILES string of the molecule is CCOC(=O)c1sc(NC(=S)Nc2cc(F)ccc2F)c(C(=O)OCC)c1C. The van der Waals surface area contributed by atoms with E-state index < -0.39 is 23.6 Å². The van der Waals surface area contributed by atoms with E-state index in [0.29, 0.717) is 5.56 Å². The second-order valence-electron chi connectivity index (χ2n) is 5.40. The van der Waals surface area contributed by atoms with E-state index >= 15 is 0 Å². The Kier molecular flexibility index (Phi) is 7.41. The Balaban J connectivity index is 2.33. The first kappa shape index (κ1) is 21.7. The highest BCUT2D eigenvalue weighted by Crippen LogP contribution is 2.34. The molecule has 6 nitrogen and oxygen atoms in total. The van der Waals surface area contributed by atoms with Crippen LogP contribution in [-0.4, -0.2) is 30.3 Å². The van der Waals surface area contributed by atoms with Gasteiger partial charge in [-0.15, -0.1) is 11.3 Å². The molecule has 0 aliphatic heterocycles. The molecule has 0 radical (unpaired) electrons. The number of anilines is 2. The van der Waals surface area contributed by atoms with Gasteiger partial charge in [-0.1, -0.05) is 0 Å². The van der Waals surface area contributed by atoms with Crippen molar-refractivity contribution in [2.45, 2.75) is 20.8 Å². The molecule has 0 saturated carbocycles. The van der Waals surface area contributed by atoms with Gasteiger partial charge in [0, 0.05) is 6.07 Å². The summed E-state index contributed by atoms with van der Waals surface area (Å²) in [5, 5.41) is 5.41. The standard InChI is InChI=1S/C18H18F2N2O4S2/c1-4-25-16(23)13-9(3)14(17(24)26-5-2)28-15(13)22-18(27)21-12-8-10(19)6-7-11(12)20/h6-8H,4-5H2,1-3H3,(H2,21,22,27). The topological polar surface area (TPSA) is 76.7 Å². The zero-order valence-corrected chi connectivity index (χ0v) is 17.0. The number of hydrogen-bond donors (Lipinski definition) is 2. The fourth-order valence-corrected chi connectivity index (χ4v) is 3.66. The average Bonchev–Trinajstić information content (AvgIpc) is 2.94. The van der Waals surface area contributed by atoms with Crippen molar-refractivity contribution in [2.75, 3.05) is 23.8 Å². The van der Waals surface area contributed by atoms with Crippen LogP contribution in [0.3, 0.4) is 0 Å². The predicted octanol–water partition coefficient (Wildman–Crippen LogP) is 4.50. The number of nitrogens with one attached hydrogen (secondary N) is 2. The lowest BCUT2D eigenvalue weighted by atomic mass is 10.1. The fourth-order valence-electron chi connectivity index (χ4n) is 2.29. The average molecular weight is 428 g/mol. The number of halogens is 2. The van der Waals surface area contributed by atoms with E-state index in [1.165, 1.54) is 0 Å². The monoisotopic (exact) mass is 428 g/mol. The minimum absolute atomic E-state index is 0.0910. The zero-order chi connectivity index (χ0) is 20.8. The third kappa shape index (κ3) is 5.02. The Morgan fingerprint density at radius 3 is 2.39 bits per heavy atom. The molecule has 1 heterocycles. The van der Waals surface area contributed by atoms with Gasteiger partial charge in [0.15, 0.2) is 5.11 Å². The number of esters is 2. The van der Waals surface area contributed by atoms with E-state index in [-0.39, 0.29) is 39.5 Å². The van der Waals surface area contributed by atoms with Crippen molar-refractivity contribution >= 4 is 51.3 Å². The molecule has 0 bridgehead atoms. The summed E-state index contributed by atoms with van der Waals surface area (Å²) in [4.78, 5) is 24.7. The first-order valence-corrected chi connectivity index (χ1v) is 9.51. The third-order valence-corrected chi connectivity index (χ3v) is 4.88. The molecular formula is C18H18F2N2O4S2. The van der Waals surface area contributed by atoms with Gasteiger partial charge < -0.3 is 20.1 Å². The van der Waals surface area contributed by atoms with Crippen LogP contribution in [-0.2, 0) is 9.47 Å². The summed E-state index contributed by atoms with van der Waals surface area (Å²) in [6.45, 7) is 5.21. The normalized spacial score (nSPS) is 10.3. The summed E-state index contributed by atoms with van der Waals surface area (Å²) in [5.41, 5.74) is 0.331. The van der Waals surface area contributed by atoms with E-state index in [9.17, 15) is 18.4 Å². The van der Waals surface area contributed by atoms with E-state index in [2.05, 4.69) is 10.6 Å². The number of carbonyl (C=O) groups excluding carboxylic acids is 2. The van der Waals surface area contributed by atoms with Crippen molar-refractivity contribution in [3.8, 4) is 0 Å². The van der Waals surface area contributed by atoms with Gasteiger partial charge in [-0.3, -0.25) is 0 Å². The van der Waals surface area contributed by atoms with Gasteiger partial charge >= 0.3 is 11.9 Å². The fraction of sp³-hybridized carbons (Fsp3) is 0.278. The molecule has 10 heteroatoms. The molecule has 0 aliphatic carbocycles. The van der Waals surface area contributed by atoms with E-state index in [1.807, 2.05) is 0 Å². The van der Waals surface area contributed by atoms with Crippen LogP contribution in [0.4, 0.5) is 19.5 Å². The molecule has 150 valence electrons. The highest BCUT2D eigenvalue weighted by atomic mass is 32.1. The van der Waals surface area contributed by atoms with Gasteiger partial charge in [0.1, 0.15) is 21.5 Å². The molecule has 0 amide bonds. The number of thiophene rings is 1. The number of carbonyl (C=O) groups is 2. The molecule has 2 rings (SSSR count). The Morgan fingerprint density at radius 2 is 1.75 bits per heavy atom. The summed E-state index contributed by atoms with van der Waals surface area (Å²) in [7, 11) is 0. The lowest BCUT2D eigenvalue weighted by Crippen LogP contribution is -2.21. The second kappa shape index (κ2) is 9.56. The molecular weight excluding hydrogens is 410 g/mol. The molecule has 0 fully saturated rings. The van der Waals surface area contributed by atoms with Gasteiger partial charge in [0.2, 0.25) is 0 Å². The quantitative estimate of drug-likeness (QED) is 0.518. The molecule has 0 saturated heterocycles. The summed E-state index contributed by atoms with van der Waals surface area (Å²) in [6, 6.07) is 2.88. The smallest absolute Gasteiger partial charge is 0.348 e. The van der Waals surface area contributed by atoms with Crippen molar-refractivity contribution in [3.05, 3.63) is 45.8 Å². The molecule has 2 N–H and O–H groups in total. The highest BCUT2D eigenvalue weighted by Gasteiger charge is 2.27. The number of rotatable bonds is 6. The van der Waals surface area contributed by atoms with Crippen LogP contribution in [0.2, 0.25) is 0 Å². The van der Waals surface area contributed by atoms with Crippen molar-refractivity contribution in [3.63, 3.8) is 0 Å². The van der Waals surface area contributed by atoms with Crippen LogP contribution >= 0.6 is 23.6 Å². The zero-order valence-electron chi connectivity index (χ0n) is 15.4. The molecule has 28 heavy (non-hydrogen) atoms. The third-order valence-electron chi connectivity index (χ3n) is 3.49. The van der Waals surface area contributed by atoms with Crippen molar-refractivity contribution in [1.29, 1.82) is 0 Å². The van der Waals surface area contributed by atoms with Crippen LogP contribution in [0.5, 0.6) is 0 Å². The van der Waals surface area contributed by atoms with Crippen LogP contribution in [0.1, 0.15) is 39.4 Å². The lowest BCUT2D eigenvalue weighted by molar-refractivity contribution is 0.0527. The maximum absolute atomic E-state index is 13.8. The van der Waals surface area contributed by atoms with E-state index in [4.69, 9.17) is 21.7 Å². The second-order valence-corrected chi connectivity index (χ2v) is 6.83. The van der Waals surface area contributed by atoms with Gasteiger partial charge in [0.25, 0.3) is 0 Å². The molecule has 0 atom stereocenters. The largest absolute Gasteiger partial charge is 0.462 e. The maximum Gasteiger partial charge on any atom is 0.348 e. The number of hydrogen-bond acceptors (Lipinski definition) is 6. The van der Waals surface area contributed by atoms with Crippen molar-refractivity contribution in [1.82, 2.24) is 0 Å². The molecule has 0 unspecified atom stereocenters.